The third-order valence-corrected chi connectivity index (χ3v) is 5.26. The summed E-state index contributed by atoms with van der Waals surface area (Å²) in [4.78, 5) is 19.2. The molecule has 1 heterocycles. The normalized spacial score (nSPS) is 15.1. The predicted octanol–water partition coefficient (Wildman–Crippen LogP) is 5.07. The van der Waals surface area contributed by atoms with Crippen LogP contribution in [-0.4, -0.2) is 21.8 Å². The molecule has 1 amide bonds. The molecule has 0 spiro atoms. The average Bonchev–Trinajstić information content (AvgIpc) is 3.42. The van der Waals surface area contributed by atoms with Gasteiger partial charge in [0.1, 0.15) is 0 Å². The molecule has 1 aromatic heterocycles. The summed E-state index contributed by atoms with van der Waals surface area (Å²) in [5, 5.41) is 1.07. The van der Waals surface area contributed by atoms with Gasteiger partial charge < -0.3 is 4.90 Å². The molecule has 1 unspecified atom stereocenters. The first-order chi connectivity index (χ1) is 11.6. The van der Waals surface area contributed by atoms with Crippen molar-refractivity contribution in [2.45, 2.75) is 44.7 Å². The van der Waals surface area contributed by atoms with Crippen molar-refractivity contribution in [3.8, 4) is 0 Å². The maximum atomic E-state index is 12.8. The van der Waals surface area contributed by atoms with Crippen molar-refractivity contribution in [1.29, 1.82) is 0 Å². The summed E-state index contributed by atoms with van der Waals surface area (Å²) in [5.74, 6) is 0.145. The highest BCUT2D eigenvalue weighted by atomic mass is 35.5. The lowest BCUT2D eigenvalue weighted by atomic mass is 10.1. The van der Waals surface area contributed by atoms with Gasteiger partial charge in [0.05, 0.1) is 21.8 Å². The van der Waals surface area contributed by atoms with E-state index in [9.17, 15) is 4.79 Å². The highest BCUT2D eigenvalue weighted by molar-refractivity contribution is 6.42. The maximum Gasteiger partial charge on any atom is 0.223 e. The van der Waals surface area contributed by atoms with Gasteiger partial charge in [-0.25, -0.2) is 0 Å². The number of pyridine rings is 1. The van der Waals surface area contributed by atoms with Crippen LogP contribution in [0.2, 0.25) is 10.0 Å². The van der Waals surface area contributed by atoms with Gasteiger partial charge in [0.15, 0.2) is 0 Å². The minimum atomic E-state index is -0.0129. The van der Waals surface area contributed by atoms with Crippen LogP contribution in [0.3, 0.4) is 0 Å². The first-order valence-corrected chi connectivity index (χ1v) is 8.98. The Morgan fingerprint density at radius 2 is 2.04 bits per heavy atom. The third-order valence-electron chi connectivity index (χ3n) is 4.40. The molecule has 1 aromatic carbocycles. The second kappa shape index (κ2) is 7.54. The molecule has 1 aliphatic rings. The number of hydrogen-bond donors (Lipinski definition) is 0. The Balaban J connectivity index is 1.70. The summed E-state index contributed by atoms with van der Waals surface area (Å²) in [5.41, 5.74) is 1.84. The zero-order chi connectivity index (χ0) is 17.1. The van der Waals surface area contributed by atoms with Crippen molar-refractivity contribution >= 4 is 29.1 Å². The topological polar surface area (TPSA) is 33.2 Å². The molecule has 1 fully saturated rings. The van der Waals surface area contributed by atoms with Gasteiger partial charge in [-0.15, -0.1) is 0 Å². The molecule has 2 aromatic rings. The Morgan fingerprint density at radius 3 is 2.71 bits per heavy atom. The summed E-state index contributed by atoms with van der Waals surface area (Å²) in [7, 11) is 0. The molecule has 3 nitrogen and oxygen atoms in total. The van der Waals surface area contributed by atoms with Crippen LogP contribution in [0.1, 0.15) is 43.5 Å². The second-order valence-corrected chi connectivity index (χ2v) is 6.96. The second-order valence-electron chi connectivity index (χ2n) is 6.18. The number of rotatable bonds is 6. The molecule has 5 heteroatoms. The van der Waals surface area contributed by atoms with Crippen molar-refractivity contribution in [2.24, 2.45) is 0 Å². The van der Waals surface area contributed by atoms with Crippen molar-refractivity contribution in [1.82, 2.24) is 9.88 Å². The van der Waals surface area contributed by atoms with Crippen molar-refractivity contribution in [3.63, 3.8) is 0 Å². The minimum absolute atomic E-state index is 0.0129. The molecule has 1 atom stereocenters. The van der Waals surface area contributed by atoms with Gasteiger partial charge in [0, 0.05) is 18.7 Å². The minimum Gasteiger partial charge on any atom is -0.331 e. The summed E-state index contributed by atoms with van der Waals surface area (Å²) in [6.45, 7) is 2.05. The number of nitrogens with zero attached hydrogens (tertiary/aromatic N) is 2. The van der Waals surface area contributed by atoms with Crippen molar-refractivity contribution in [3.05, 3.63) is 63.9 Å². The molecular formula is C19H20Cl2N2O. The Hall–Kier alpha value is -1.58. The Bertz CT molecular complexity index is 717. The predicted molar refractivity (Wildman–Crippen MR) is 97.3 cm³/mol. The highest BCUT2D eigenvalue weighted by Gasteiger charge is 2.36. The number of aromatic nitrogens is 1. The van der Waals surface area contributed by atoms with Gasteiger partial charge in [-0.3, -0.25) is 9.78 Å². The Morgan fingerprint density at radius 1 is 1.25 bits per heavy atom. The first kappa shape index (κ1) is 17.2. The molecular weight excluding hydrogens is 343 g/mol. The lowest BCUT2D eigenvalue weighted by Gasteiger charge is -2.29. The fraction of sp³-hybridized carbons (Fsp3) is 0.368. The molecule has 1 aliphatic carbocycles. The van der Waals surface area contributed by atoms with Crippen molar-refractivity contribution < 1.29 is 4.79 Å². The molecule has 126 valence electrons. The third kappa shape index (κ3) is 3.90. The van der Waals surface area contributed by atoms with Gasteiger partial charge in [0.2, 0.25) is 5.91 Å². The van der Waals surface area contributed by atoms with Gasteiger partial charge in [0.25, 0.3) is 0 Å². The first-order valence-electron chi connectivity index (χ1n) is 8.23. The molecule has 0 bridgehead atoms. The number of aryl methyl sites for hydroxylation is 1. The van der Waals surface area contributed by atoms with E-state index < -0.39 is 0 Å². The smallest absolute Gasteiger partial charge is 0.223 e. The van der Waals surface area contributed by atoms with E-state index in [4.69, 9.17) is 23.2 Å². The van der Waals surface area contributed by atoms with Crippen LogP contribution in [0.5, 0.6) is 0 Å². The van der Waals surface area contributed by atoms with E-state index in [0.29, 0.717) is 28.9 Å². The zero-order valence-corrected chi connectivity index (χ0v) is 15.1. The number of hydrogen-bond acceptors (Lipinski definition) is 2. The summed E-state index contributed by atoms with van der Waals surface area (Å²) in [6, 6.07) is 11.7. The number of carbonyl (C=O) groups is 1. The molecule has 3 rings (SSSR count). The Kier molecular flexibility index (Phi) is 5.42. The number of amides is 1. The van der Waals surface area contributed by atoms with Crippen molar-refractivity contribution in [2.75, 3.05) is 0 Å². The van der Waals surface area contributed by atoms with E-state index in [0.717, 1.165) is 24.1 Å². The number of halogens is 2. The van der Waals surface area contributed by atoms with Crippen LogP contribution < -0.4 is 0 Å². The lowest BCUT2D eigenvalue weighted by molar-refractivity contribution is -0.134. The van der Waals surface area contributed by atoms with E-state index in [1.807, 2.05) is 42.2 Å². The van der Waals surface area contributed by atoms with E-state index in [1.165, 1.54) is 0 Å². The fourth-order valence-electron chi connectivity index (χ4n) is 2.97. The average molecular weight is 363 g/mol. The lowest BCUT2D eigenvalue weighted by Crippen LogP contribution is -2.36. The standard InChI is InChI=1S/C19H20Cl2N2O/c1-13(17-7-2-3-12-22-17)23(15-9-10-15)18(24)11-8-14-5-4-6-16(20)19(14)21/h2-7,12-13,15H,8-11H2,1H3. The van der Waals surface area contributed by atoms with E-state index in [2.05, 4.69) is 4.98 Å². The summed E-state index contributed by atoms with van der Waals surface area (Å²) in [6.07, 6.45) is 4.93. The molecule has 0 aliphatic heterocycles. The highest BCUT2D eigenvalue weighted by Crippen LogP contribution is 2.35. The maximum absolute atomic E-state index is 12.8. The monoisotopic (exact) mass is 362 g/mol. The van der Waals surface area contributed by atoms with E-state index in [1.54, 1.807) is 12.3 Å². The molecule has 24 heavy (non-hydrogen) atoms. The van der Waals surface area contributed by atoms with Crippen LogP contribution in [0.15, 0.2) is 42.6 Å². The summed E-state index contributed by atoms with van der Waals surface area (Å²) >= 11 is 12.3. The van der Waals surface area contributed by atoms with E-state index >= 15 is 0 Å². The van der Waals surface area contributed by atoms with E-state index in [-0.39, 0.29) is 11.9 Å². The number of carbonyl (C=O) groups excluding carboxylic acids is 1. The zero-order valence-electron chi connectivity index (χ0n) is 13.6. The largest absolute Gasteiger partial charge is 0.331 e. The van der Waals surface area contributed by atoms with Crippen LogP contribution in [0.25, 0.3) is 0 Å². The SMILES string of the molecule is CC(c1ccccn1)N(C(=O)CCc1cccc(Cl)c1Cl)C1CC1. The van der Waals surface area contributed by atoms with Crippen LogP contribution in [-0.2, 0) is 11.2 Å². The van der Waals surface area contributed by atoms with Gasteiger partial charge in [-0.05, 0) is 49.9 Å². The van der Waals surface area contributed by atoms with Gasteiger partial charge in [-0.2, -0.15) is 0 Å². The van der Waals surface area contributed by atoms with Gasteiger partial charge in [-0.1, -0.05) is 41.4 Å². The fourth-order valence-corrected chi connectivity index (χ4v) is 3.38. The number of benzene rings is 1. The molecule has 0 saturated heterocycles. The van der Waals surface area contributed by atoms with Gasteiger partial charge >= 0.3 is 0 Å². The molecule has 0 radical (unpaired) electrons. The summed E-state index contributed by atoms with van der Waals surface area (Å²) < 4.78 is 0. The quantitative estimate of drug-likeness (QED) is 0.718. The van der Waals surface area contributed by atoms with Crippen LogP contribution in [0.4, 0.5) is 0 Å². The van der Waals surface area contributed by atoms with Crippen LogP contribution >= 0.6 is 23.2 Å². The molecule has 0 N–H and O–H groups in total. The molecule has 1 saturated carbocycles. The Labute approximate surface area is 152 Å². The van der Waals surface area contributed by atoms with Crippen LogP contribution in [0, 0.1) is 0 Å².